The van der Waals surface area contributed by atoms with E-state index in [-0.39, 0.29) is 36.8 Å². The minimum atomic E-state index is 0. The molecule has 2 fully saturated rings. The van der Waals surface area contributed by atoms with Crippen molar-refractivity contribution < 1.29 is 4.79 Å². The van der Waals surface area contributed by atoms with Crippen molar-refractivity contribution in [2.24, 2.45) is 5.92 Å². The van der Waals surface area contributed by atoms with Gasteiger partial charge in [-0.2, -0.15) is 0 Å². The average Bonchev–Trinajstić information content (AvgIpc) is 2.58. The second kappa shape index (κ2) is 10.2. The quantitative estimate of drug-likeness (QED) is 0.817. The minimum absolute atomic E-state index is 0. The van der Waals surface area contributed by atoms with Gasteiger partial charge >= 0.3 is 0 Å². The van der Waals surface area contributed by atoms with E-state index < -0.39 is 0 Å². The number of rotatable bonds is 3. The van der Waals surface area contributed by atoms with Gasteiger partial charge < -0.3 is 20.4 Å². The summed E-state index contributed by atoms with van der Waals surface area (Å²) in [4.78, 5) is 21.6. The van der Waals surface area contributed by atoms with Crippen LogP contribution in [0.4, 0.5) is 5.82 Å². The fraction of sp³-hybridized carbons (Fsp3) is 0.647. The van der Waals surface area contributed by atoms with Crippen molar-refractivity contribution >= 4 is 36.5 Å². The number of amides is 1. The van der Waals surface area contributed by atoms with Crippen LogP contribution in [0.1, 0.15) is 23.7 Å². The molecule has 1 aromatic heterocycles. The van der Waals surface area contributed by atoms with E-state index in [1.165, 1.54) is 0 Å². The van der Waals surface area contributed by atoms with Crippen molar-refractivity contribution in [1.82, 2.24) is 20.5 Å². The van der Waals surface area contributed by atoms with Gasteiger partial charge in [0.15, 0.2) is 0 Å². The largest absolute Gasteiger partial charge is 0.354 e. The Bertz CT molecular complexity index is 552. The number of nitrogens with one attached hydrogen (secondary N) is 2. The number of anilines is 1. The number of hydrogen-bond donors (Lipinski definition) is 2. The summed E-state index contributed by atoms with van der Waals surface area (Å²) < 4.78 is 0. The van der Waals surface area contributed by atoms with E-state index in [1.807, 2.05) is 6.07 Å². The average molecular weight is 390 g/mol. The van der Waals surface area contributed by atoms with Gasteiger partial charge in [0.25, 0.3) is 5.91 Å². The lowest BCUT2D eigenvalue weighted by Crippen LogP contribution is -2.48. The molecule has 2 aliphatic rings. The van der Waals surface area contributed by atoms with Crippen molar-refractivity contribution in [2.45, 2.75) is 19.4 Å². The summed E-state index contributed by atoms with van der Waals surface area (Å²) in [5.41, 5.74) is 0.708. The Hall–Kier alpha value is -1.08. The van der Waals surface area contributed by atoms with Gasteiger partial charge in [-0.25, -0.2) is 4.98 Å². The zero-order chi connectivity index (χ0) is 16.2. The molecule has 2 aliphatic heterocycles. The first-order valence-electron chi connectivity index (χ1n) is 8.54. The molecule has 2 atom stereocenters. The van der Waals surface area contributed by atoms with Crippen LogP contribution in [0.5, 0.6) is 0 Å². The Morgan fingerprint density at radius 2 is 2.00 bits per heavy atom. The normalized spacial score (nSPS) is 24.0. The Balaban J connectivity index is 0.00000156. The van der Waals surface area contributed by atoms with Gasteiger partial charge in [0.2, 0.25) is 0 Å². The van der Waals surface area contributed by atoms with E-state index in [2.05, 4.69) is 39.4 Å². The molecule has 0 saturated carbocycles. The molecular formula is C17H29Cl2N5O. The third-order valence-corrected chi connectivity index (χ3v) is 4.94. The molecule has 3 heterocycles. The highest BCUT2D eigenvalue weighted by molar-refractivity contribution is 5.95. The lowest BCUT2D eigenvalue weighted by molar-refractivity contribution is 0.0914. The number of hydrogen-bond acceptors (Lipinski definition) is 5. The molecule has 2 N–H and O–H groups in total. The zero-order valence-electron chi connectivity index (χ0n) is 14.9. The first-order valence-corrected chi connectivity index (χ1v) is 8.54. The first kappa shape index (κ1) is 22.0. The van der Waals surface area contributed by atoms with Crippen molar-refractivity contribution in [3.05, 3.63) is 23.9 Å². The van der Waals surface area contributed by atoms with Crippen LogP contribution in [0.25, 0.3) is 0 Å². The number of nitrogens with zero attached hydrogens (tertiary/aromatic N) is 3. The monoisotopic (exact) mass is 389 g/mol. The second-order valence-corrected chi connectivity index (χ2v) is 6.74. The van der Waals surface area contributed by atoms with Crippen molar-refractivity contribution in [3.63, 3.8) is 0 Å². The summed E-state index contributed by atoms with van der Waals surface area (Å²) in [6.07, 6.45) is 2.73. The van der Waals surface area contributed by atoms with E-state index in [0.717, 1.165) is 51.5 Å². The molecule has 1 amide bonds. The minimum Gasteiger partial charge on any atom is -0.354 e. The zero-order valence-corrected chi connectivity index (χ0v) is 16.5. The summed E-state index contributed by atoms with van der Waals surface area (Å²) >= 11 is 0. The molecule has 0 aliphatic carbocycles. The summed E-state index contributed by atoms with van der Waals surface area (Å²) in [6.45, 7) is 8.10. The van der Waals surface area contributed by atoms with Gasteiger partial charge in [-0.05, 0) is 44.6 Å². The number of carbonyl (C=O) groups is 1. The van der Waals surface area contributed by atoms with Crippen LogP contribution >= 0.6 is 24.8 Å². The predicted octanol–water partition coefficient (Wildman–Crippen LogP) is 1.40. The predicted molar refractivity (Wildman–Crippen MR) is 106 cm³/mol. The molecule has 0 bridgehead atoms. The summed E-state index contributed by atoms with van der Waals surface area (Å²) in [7, 11) is 2.13. The Labute approximate surface area is 162 Å². The summed E-state index contributed by atoms with van der Waals surface area (Å²) in [5.74, 6) is 1.39. The number of likely N-dealkylation sites (N-methyl/N-ethyl adjacent to an activating group) is 1. The standard InChI is InChI=1S/C17H27N5O.2ClH/c1-13-12-18-5-4-15(13)20-17(23)14-3-6-19-16(11-14)22-9-7-21(2)8-10-22;;/h3,6,11,13,15,18H,4-5,7-10,12H2,1-2H3,(H,20,23);2*1H. The third kappa shape index (κ3) is 5.71. The highest BCUT2D eigenvalue weighted by atomic mass is 35.5. The molecule has 142 valence electrons. The molecule has 6 nitrogen and oxygen atoms in total. The van der Waals surface area contributed by atoms with Crippen molar-refractivity contribution in [3.8, 4) is 0 Å². The van der Waals surface area contributed by atoms with Gasteiger partial charge in [0.05, 0.1) is 0 Å². The topological polar surface area (TPSA) is 60.5 Å². The van der Waals surface area contributed by atoms with E-state index in [1.54, 1.807) is 12.3 Å². The Morgan fingerprint density at radius 3 is 2.68 bits per heavy atom. The first-order chi connectivity index (χ1) is 11.1. The smallest absolute Gasteiger partial charge is 0.251 e. The number of carbonyl (C=O) groups excluding carboxylic acids is 1. The molecule has 25 heavy (non-hydrogen) atoms. The van der Waals surface area contributed by atoms with Crippen molar-refractivity contribution in [2.75, 3.05) is 51.2 Å². The van der Waals surface area contributed by atoms with Gasteiger partial charge in [-0.15, -0.1) is 24.8 Å². The maximum Gasteiger partial charge on any atom is 0.251 e. The van der Waals surface area contributed by atoms with Crippen LogP contribution in [-0.2, 0) is 0 Å². The second-order valence-electron chi connectivity index (χ2n) is 6.74. The summed E-state index contributed by atoms with van der Waals surface area (Å²) in [5, 5.41) is 6.55. The molecular weight excluding hydrogens is 361 g/mol. The van der Waals surface area contributed by atoms with Crippen LogP contribution in [0.15, 0.2) is 18.3 Å². The van der Waals surface area contributed by atoms with Crippen LogP contribution < -0.4 is 15.5 Å². The van der Waals surface area contributed by atoms with Crippen LogP contribution in [0.3, 0.4) is 0 Å². The number of aromatic nitrogens is 1. The van der Waals surface area contributed by atoms with Gasteiger partial charge in [0, 0.05) is 44.0 Å². The highest BCUT2D eigenvalue weighted by Crippen LogP contribution is 2.16. The highest BCUT2D eigenvalue weighted by Gasteiger charge is 2.23. The SMILES string of the molecule is CC1CNCCC1NC(=O)c1ccnc(N2CCN(C)CC2)c1.Cl.Cl. The number of piperidine rings is 1. The lowest BCUT2D eigenvalue weighted by Gasteiger charge is -2.33. The Kier molecular flexibility index (Phi) is 8.93. The van der Waals surface area contributed by atoms with E-state index >= 15 is 0 Å². The molecule has 3 rings (SSSR count). The lowest BCUT2D eigenvalue weighted by atomic mass is 9.95. The maximum absolute atomic E-state index is 12.6. The van der Waals surface area contributed by atoms with E-state index in [0.29, 0.717) is 11.5 Å². The molecule has 0 spiro atoms. The maximum atomic E-state index is 12.6. The van der Waals surface area contributed by atoms with Crippen LogP contribution in [-0.4, -0.2) is 68.1 Å². The molecule has 2 unspecified atom stereocenters. The third-order valence-electron chi connectivity index (χ3n) is 4.94. The number of piperazine rings is 1. The fourth-order valence-electron chi connectivity index (χ4n) is 3.25. The van der Waals surface area contributed by atoms with E-state index in [4.69, 9.17) is 0 Å². The Morgan fingerprint density at radius 1 is 1.28 bits per heavy atom. The number of halogens is 2. The molecule has 0 radical (unpaired) electrons. The van der Waals surface area contributed by atoms with E-state index in [9.17, 15) is 4.79 Å². The van der Waals surface area contributed by atoms with Gasteiger partial charge in [-0.1, -0.05) is 6.92 Å². The molecule has 0 aromatic carbocycles. The fourth-order valence-corrected chi connectivity index (χ4v) is 3.25. The van der Waals surface area contributed by atoms with Crippen LogP contribution in [0.2, 0.25) is 0 Å². The van der Waals surface area contributed by atoms with Crippen molar-refractivity contribution in [1.29, 1.82) is 0 Å². The molecule has 8 heteroatoms. The van der Waals surface area contributed by atoms with Gasteiger partial charge in [0.1, 0.15) is 5.82 Å². The molecule has 1 aromatic rings. The molecule has 2 saturated heterocycles. The van der Waals surface area contributed by atoms with Crippen LogP contribution in [0, 0.1) is 5.92 Å². The summed E-state index contributed by atoms with van der Waals surface area (Å²) in [6, 6.07) is 3.98. The van der Waals surface area contributed by atoms with Gasteiger partial charge in [-0.3, -0.25) is 4.79 Å². The number of pyridine rings is 1.